The summed E-state index contributed by atoms with van der Waals surface area (Å²) in [5, 5.41) is 0. The van der Waals surface area contributed by atoms with Crippen LogP contribution in [0, 0.1) is 0 Å². The van der Waals surface area contributed by atoms with Crippen LogP contribution in [0.3, 0.4) is 0 Å². The number of benzene rings is 2. The summed E-state index contributed by atoms with van der Waals surface area (Å²) in [5.74, 6) is 0.800. The molecule has 0 aromatic heterocycles. The van der Waals surface area contributed by atoms with Crippen LogP contribution in [-0.4, -0.2) is 43.5 Å². The molecule has 0 bridgehead atoms. The topological polar surface area (TPSA) is 55.6 Å². The van der Waals surface area contributed by atoms with E-state index in [-0.39, 0.29) is 5.78 Å². The van der Waals surface area contributed by atoms with E-state index in [9.17, 15) is 4.79 Å². The molecule has 2 N–H and O–H groups in total. The lowest BCUT2D eigenvalue weighted by atomic mass is 10.0. The van der Waals surface area contributed by atoms with Crippen LogP contribution < -0.4 is 10.5 Å². The summed E-state index contributed by atoms with van der Waals surface area (Å²) in [4.78, 5) is 15.3. The lowest BCUT2D eigenvalue weighted by Gasteiger charge is -2.17. The molecule has 0 saturated carbocycles. The molecule has 1 aliphatic rings. The number of nitrogens with two attached hydrogens (primary N) is 1. The molecule has 26 heavy (non-hydrogen) atoms. The van der Waals surface area contributed by atoms with Gasteiger partial charge in [0.2, 0.25) is 0 Å². The number of carbonyl (C=O) groups is 1. The predicted octanol–water partition coefficient (Wildman–Crippen LogP) is 3.51. The molecule has 0 unspecified atom stereocenters. The number of aryl methyl sites for hydroxylation is 1. The van der Waals surface area contributed by atoms with E-state index in [1.54, 1.807) is 0 Å². The van der Waals surface area contributed by atoms with Gasteiger partial charge in [-0.1, -0.05) is 26.0 Å². The number of hydrogen-bond acceptors (Lipinski definition) is 4. The number of ketones is 1. The Kier molecular flexibility index (Phi) is 6.07. The number of carbonyl (C=O) groups excluding carboxylic acids is 1. The fourth-order valence-corrected chi connectivity index (χ4v) is 3.57. The molecule has 3 rings (SSSR count). The Labute approximate surface area is 156 Å². The predicted molar refractivity (Wildman–Crippen MR) is 106 cm³/mol. The standard InChI is InChI=1S/C22H28N2O2/c1-3-24(4-2)12-5-6-16-7-9-18-19-10-8-17(26-13-11-23)15-21(19)22(25)20(18)14-16/h7-10,14-15H,3-6,11-13,23H2,1-2H3. The maximum Gasteiger partial charge on any atom is 0.194 e. The summed E-state index contributed by atoms with van der Waals surface area (Å²) in [6.07, 6.45) is 2.11. The van der Waals surface area contributed by atoms with Gasteiger partial charge in [0.15, 0.2) is 5.78 Å². The average Bonchev–Trinajstić information content (AvgIpc) is 2.95. The summed E-state index contributed by atoms with van der Waals surface area (Å²) in [6.45, 7) is 8.57. The molecule has 4 heteroatoms. The minimum atomic E-state index is 0.0961. The number of ether oxygens (including phenoxy) is 1. The van der Waals surface area contributed by atoms with Gasteiger partial charge in [-0.05, 0) is 73.4 Å². The Morgan fingerprint density at radius 2 is 1.65 bits per heavy atom. The van der Waals surface area contributed by atoms with Crippen molar-refractivity contribution >= 4 is 5.78 Å². The van der Waals surface area contributed by atoms with Crippen LogP contribution >= 0.6 is 0 Å². The van der Waals surface area contributed by atoms with Gasteiger partial charge in [0.25, 0.3) is 0 Å². The van der Waals surface area contributed by atoms with Crippen LogP contribution in [0.25, 0.3) is 11.1 Å². The van der Waals surface area contributed by atoms with Crippen molar-refractivity contribution in [2.45, 2.75) is 26.7 Å². The summed E-state index contributed by atoms with van der Waals surface area (Å²) < 4.78 is 5.57. The third-order valence-electron chi connectivity index (χ3n) is 5.08. The highest BCUT2D eigenvalue weighted by Crippen LogP contribution is 2.38. The van der Waals surface area contributed by atoms with E-state index < -0.39 is 0 Å². The molecule has 0 aliphatic heterocycles. The third kappa shape index (κ3) is 3.81. The van der Waals surface area contributed by atoms with Crippen molar-refractivity contribution in [2.24, 2.45) is 5.73 Å². The average molecular weight is 352 g/mol. The summed E-state index contributed by atoms with van der Waals surface area (Å²) in [6, 6.07) is 12.0. The zero-order valence-electron chi connectivity index (χ0n) is 15.8. The molecule has 0 fully saturated rings. The zero-order valence-corrected chi connectivity index (χ0v) is 15.8. The van der Waals surface area contributed by atoms with Crippen LogP contribution in [0.1, 0.15) is 41.8 Å². The Morgan fingerprint density at radius 1 is 0.962 bits per heavy atom. The first-order valence-corrected chi connectivity index (χ1v) is 9.55. The van der Waals surface area contributed by atoms with E-state index in [0.717, 1.165) is 54.7 Å². The molecule has 0 amide bonds. The molecule has 0 radical (unpaired) electrons. The van der Waals surface area contributed by atoms with Gasteiger partial charge >= 0.3 is 0 Å². The zero-order chi connectivity index (χ0) is 18.5. The quantitative estimate of drug-likeness (QED) is 0.640. The molecular weight excluding hydrogens is 324 g/mol. The van der Waals surface area contributed by atoms with Gasteiger partial charge < -0.3 is 15.4 Å². The van der Waals surface area contributed by atoms with E-state index in [1.165, 1.54) is 5.56 Å². The van der Waals surface area contributed by atoms with Crippen molar-refractivity contribution in [1.29, 1.82) is 0 Å². The molecule has 138 valence electrons. The lowest BCUT2D eigenvalue weighted by Crippen LogP contribution is -2.24. The number of hydrogen-bond donors (Lipinski definition) is 1. The van der Waals surface area contributed by atoms with Gasteiger partial charge in [0.1, 0.15) is 12.4 Å². The van der Waals surface area contributed by atoms with Crippen LogP contribution in [0.4, 0.5) is 0 Å². The van der Waals surface area contributed by atoms with Crippen molar-refractivity contribution in [3.63, 3.8) is 0 Å². The van der Waals surface area contributed by atoms with Crippen molar-refractivity contribution in [3.8, 4) is 16.9 Å². The Morgan fingerprint density at radius 3 is 2.35 bits per heavy atom. The van der Waals surface area contributed by atoms with Gasteiger partial charge in [-0.2, -0.15) is 0 Å². The van der Waals surface area contributed by atoms with Crippen LogP contribution in [-0.2, 0) is 6.42 Å². The van der Waals surface area contributed by atoms with E-state index in [0.29, 0.717) is 18.9 Å². The molecule has 0 spiro atoms. The Bertz CT molecular complexity index is 782. The second-order valence-electron chi connectivity index (χ2n) is 6.68. The summed E-state index contributed by atoms with van der Waals surface area (Å²) in [7, 11) is 0. The normalized spacial score (nSPS) is 12.4. The van der Waals surface area contributed by atoms with E-state index in [1.807, 2.05) is 18.2 Å². The maximum absolute atomic E-state index is 12.9. The minimum Gasteiger partial charge on any atom is -0.492 e. The summed E-state index contributed by atoms with van der Waals surface area (Å²) in [5.41, 5.74) is 10.3. The number of nitrogens with zero attached hydrogens (tertiary/aromatic N) is 1. The highest BCUT2D eigenvalue weighted by Gasteiger charge is 2.27. The van der Waals surface area contributed by atoms with E-state index in [4.69, 9.17) is 10.5 Å². The number of fused-ring (bicyclic) bond motifs is 3. The molecule has 0 heterocycles. The molecule has 0 saturated heterocycles. The molecule has 1 aliphatic carbocycles. The molecule has 0 atom stereocenters. The van der Waals surface area contributed by atoms with Crippen molar-refractivity contribution < 1.29 is 9.53 Å². The second kappa shape index (κ2) is 8.47. The number of rotatable bonds is 9. The fourth-order valence-electron chi connectivity index (χ4n) is 3.57. The molecule has 2 aromatic rings. The second-order valence-corrected chi connectivity index (χ2v) is 6.68. The van der Waals surface area contributed by atoms with Crippen LogP contribution in [0.5, 0.6) is 5.75 Å². The first kappa shape index (κ1) is 18.6. The Balaban J connectivity index is 1.74. The largest absolute Gasteiger partial charge is 0.492 e. The molecule has 2 aromatic carbocycles. The first-order chi connectivity index (χ1) is 12.7. The fraction of sp³-hybridized carbons (Fsp3) is 0.409. The first-order valence-electron chi connectivity index (χ1n) is 9.55. The minimum absolute atomic E-state index is 0.0961. The highest BCUT2D eigenvalue weighted by atomic mass is 16.5. The van der Waals surface area contributed by atoms with E-state index >= 15 is 0 Å². The van der Waals surface area contributed by atoms with Gasteiger partial charge in [0.05, 0.1) is 0 Å². The molecular formula is C22H28N2O2. The van der Waals surface area contributed by atoms with Gasteiger partial charge in [0, 0.05) is 17.7 Å². The SMILES string of the molecule is CCN(CC)CCCc1ccc2c(c1)C(=O)c1cc(OCCN)ccc1-2. The summed E-state index contributed by atoms with van der Waals surface area (Å²) >= 11 is 0. The van der Waals surface area contributed by atoms with Gasteiger partial charge in [-0.25, -0.2) is 0 Å². The van der Waals surface area contributed by atoms with Crippen LogP contribution in [0.2, 0.25) is 0 Å². The third-order valence-corrected chi connectivity index (χ3v) is 5.08. The maximum atomic E-state index is 12.9. The molecule has 4 nitrogen and oxygen atoms in total. The van der Waals surface area contributed by atoms with Crippen molar-refractivity contribution in [1.82, 2.24) is 4.90 Å². The van der Waals surface area contributed by atoms with Crippen molar-refractivity contribution in [2.75, 3.05) is 32.8 Å². The van der Waals surface area contributed by atoms with Crippen molar-refractivity contribution in [3.05, 3.63) is 53.1 Å². The lowest BCUT2D eigenvalue weighted by molar-refractivity contribution is 0.104. The smallest absolute Gasteiger partial charge is 0.194 e. The van der Waals surface area contributed by atoms with Gasteiger partial charge in [-0.15, -0.1) is 0 Å². The monoisotopic (exact) mass is 352 g/mol. The van der Waals surface area contributed by atoms with E-state index in [2.05, 4.69) is 36.9 Å². The van der Waals surface area contributed by atoms with Gasteiger partial charge in [-0.3, -0.25) is 4.79 Å². The Hall–Kier alpha value is -2.17. The van der Waals surface area contributed by atoms with Crippen LogP contribution in [0.15, 0.2) is 36.4 Å². The highest BCUT2D eigenvalue weighted by molar-refractivity contribution is 6.21.